The topological polar surface area (TPSA) is 80.5 Å². The van der Waals surface area contributed by atoms with E-state index in [2.05, 4.69) is 13.8 Å². The molecular formula is C14H19ClN2O3S. The first-order valence-electron chi connectivity index (χ1n) is 6.73. The van der Waals surface area contributed by atoms with E-state index in [4.69, 9.17) is 16.7 Å². The first-order chi connectivity index (χ1) is 9.61. The second-order valence-corrected chi connectivity index (χ2v) is 7.76. The molecule has 2 N–H and O–H groups in total. The Morgan fingerprint density at radius 2 is 1.81 bits per heavy atom. The molecule has 2 atom stereocenters. The van der Waals surface area contributed by atoms with Gasteiger partial charge in [0.25, 0.3) is 5.91 Å². The Bertz CT molecular complexity index is 678. The Hall–Kier alpha value is -1.11. The molecule has 116 valence electrons. The molecule has 1 aromatic carbocycles. The van der Waals surface area contributed by atoms with Crippen LogP contribution in [0.5, 0.6) is 0 Å². The molecule has 1 fully saturated rings. The van der Waals surface area contributed by atoms with Gasteiger partial charge in [-0.05, 0) is 36.5 Å². The number of nitrogens with zero attached hydrogens (tertiary/aromatic N) is 1. The summed E-state index contributed by atoms with van der Waals surface area (Å²) in [6, 6.07) is 2.59. The van der Waals surface area contributed by atoms with Crippen molar-refractivity contribution >= 4 is 27.5 Å². The summed E-state index contributed by atoms with van der Waals surface area (Å²) >= 11 is 6.04. The molecule has 2 rings (SSSR count). The number of likely N-dealkylation sites (tertiary alicyclic amines) is 1. The Kier molecular flexibility index (Phi) is 4.33. The second-order valence-electron chi connectivity index (χ2n) is 5.79. The zero-order valence-corrected chi connectivity index (χ0v) is 13.8. The van der Waals surface area contributed by atoms with Gasteiger partial charge in [-0.2, -0.15) is 0 Å². The van der Waals surface area contributed by atoms with Gasteiger partial charge in [-0.25, -0.2) is 13.6 Å². The summed E-state index contributed by atoms with van der Waals surface area (Å²) in [6.07, 6.45) is 0. The molecule has 0 radical (unpaired) electrons. The molecule has 1 aliphatic rings. The molecule has 1 saturated heterocycles. The fourth-order valence-corrected chi connectivity index (χ4v) is 3.35. The SMILES string of the molecule is Cc1c(Cl)cc(S(N)(=O)=O)cc1C(=O)N1CC(C)C(C)C1. The number of nitrogens with two attached hydrogens (primary N) is 1. The zero-order chi connectivity index (χ0) is 15.9. The molecule has 7 heteroatoms. The molecule has 0 bridgehead atoms. The number of amides is 1. The van der Waals surface area contributed by atoms with Gasteiger partial charge in [-0.1, -0.05) is 25.4 Å². The number of hydrogen-bond acceptors (Lipinski definition) is 3. The highest BCUT2D eigenvalue weighted by Gasteiger charge is 2.31. The Balaban J connectivity index is 2.44. The van der Waals surface area contributed by atoms with Gasteiger partial charge in [-0.3, -0.25) is 4.79 Å². The van der Waals surface area contributed by atoms with Crippen LogP contribution in [0, 0.1) is 18.8 Å². The summed E-state index contributed by atoms with van der Waals surface area (Å²) < 4.78 is 23.0. The molecule has 0 spiro atoms. The van der Waals surface area contributed by atoms with Crippen molar-refractivity contribution in [2.24, 2.45) is 17.0 Å². The highest BCUT2D eigenvalue weighted by atomic mass is 35.5. The monoisotopic (exact) mass is 330 g/mol. The second kappa shape index (κ2) is 5.59. The third-order valence-electron chi connectivity index (χ3n) is 4.15. The van der Waals surface area contributed by atoms with Crippen LogP contribution in [0.4, 0.5) is 0 Å². The highest BCUT2D eigenvalue weighted by Crippen LogP contribution is 2.28. The number of halogens is 1. The van der Waals surface area contributed by atoms with Crippen molar-refractivity contribution in [1.82, 2.24) is 4.90 Å². The summed E-state index contributed by atoms with van der Waals surface area (Å²) in [6.45, 7) is 7.22. The molecular weight excluding hydrogens is 312 g/mol. The van der Waals surface area contributed by atoms with E-state index in [0.29, 0.717) is 36.1 Å². The van der Waals surface area contributed by atoms with Gasteiger partial charge < -0.3 is 4.90 Å². The minimum atomic E-state index is -3.90. The van der Waals surface area contributed by atoms with Gasteiger partial charge in [-0.15, -0.1) is 0 Å². The minimum absolute atomic E-state index is 0.137. The van der Waals surface area contributed by atoms with E-state index in [9.17, 15) is 13.2 Å². The van der Waals surface area contributed by atoms with E-state index in [0.717, 1.165) is 0 Å². The van der Waals surface area contributed by atoms with Crippen molar-refractivity contribution in [3.05, 3.63) is 28.3 Å². The fourth-order valence-electron chi connectivity index (χ4n) is 2.51. The van der Waals surface area contributed by atoms with Crippen LogP contribution in [0.15, 0.2) is 17.0 Å². The summed E-state index contributed by atoms with van der Waals surface area (Å²) in [5.74, 6) is 0.647. The third kappa shape index (κ3) is 3.22. The van der Waals surface area contributed by atoms with Crippen LogP contribution in [0.2, 0.25) is 5.02 Å². The first-order valence-corrected chi connectivity index (χ1v) is 8.66. The summed E-state index contributed by atoms with van der Waals surface area (Å²) in [7, 11) is -3.90. The van der Waals surface area contributed by atoms with Gasteiger partial charge in [0.05, 0.1) is 4.90 Å². The molecule has 1 amide bonds. The van der Waals surface area contributed by atoms with E-state index >= 15 is 0 Å². The van der Waals surface area contributed by atoms with Crippen molar-refractivity contribution in [3.8, 4) is 0 Å². The predicted octanol–water partition coefficient (Wildman–Crippen LogP) is 2.02. The van der Waals surface area contributed by atoms with Crippen molar-refractivity contribution in [3.63, 3.8) is 0 Å². The Labute approximate surface area is 130 Å². The van der Waals surface area contributed by atoms with Crippen molar-refractivity contribution < 1.29 is 13.2 Å². The normalized spacial score (nSPS) is 22.6. The van der Waals surface area contributed by atoms with E-state index in [1.54, 1.807) is 11.8 Å². The lowest BCUT2D eigenvalue weighted by Crippen LogP contribution is -2.30. The molecule has 2 unspecified atom stereocenters. The van der Waals surface area contributed by atoms with E-state index in [1.165, 1.54) is 12.1 Å². The number of hydrogen-bond donors (Lipinski definition) is 1. The minimum Gasteiger partial charge on any atom is -0.338 e. The predicted molar refractivity (Wildman–Crippen MR) is 81.8 cm³/mol. The van der Waals surface area contributed by atoms with E-state index in [-0.39, 0.29) is 15.8 Å². The molecule has 1 aromatic rings. The summed E-state index contributed by atoms with van der Waals surface area (Å²) in [5, 5.41) is 5.36. The number of rotatable bonds is 2. The molecule has 1 heterocycles. The Morgan fingerprint density at radius 3 is 2.29 bits per heavy atom. The smallest absolute Gasteiger partial charge is 0.254 e. The van der Waals surface area contributed by atoms with Gasteiger partial charge >= 0.3 is 0 Å². The van der Waals surface area contributed by atoms with Crippen LogP contribution < -0.4 is 5.14 Å². The number of carbonyl (C=O) groups excluding carboxylic acids is 1. The molecule has 5 nitrogen and oxygen atoms in total. The molecule has 0 aromatic heterocycles. The maximum atomic E-state index is 12.6. The van der Waals surface area contributed by atoms with E-state index in [1.807, 2.05) is 0 Å². The number of carbonyl (C=O) groups is 1. The zero-order valence-electron chi connectivity index (χ0n) is 12.3. The molecule has 0 aliphatic carbocycles. The van der Waals surface area contributed by atoms with E-state index < -0.39 is 10.0 Å². The lowest BCUT2D eigenvalue weighted by atomic mass is 10.0. The van der Waals surface area contributed by atoms with Gasteiger partial charge in [0.1, 0.15) is 0 Å². The Morgan fingerprint density at radius 1 is 1.29 bits per heavy atom. The van der Waals surface area contributed by atoms with Crippen LogP contribution in [-0.2, 0) is 10.0 Å². The number of sulfonamides is 1. The third-order valence-corrected chi connectivity index (χ3v) is 5.44. The molecule has 0 saturated carbocycles. The lowest BCUT2D eigenvalue weighted by molar-refractivity contribution is 0.0784. The molecule has 1 aliphatic heterocycles. The quantitative estimate of drug-likeness (QED) is 0.900. The summed E-state index contributed by atoms with van der Waals surface area (Å²) in [4.78, 5) is 14.2. The van der Waals surface area contributed by atoms with Crippen molar-refractivity contribution in [1.29, 1.82) is 0 Å². The van der Waals surface area contributed by atoms with Crippen LogP contribution in [0.1, 0.15) is 29.8 Å². The summed E-state index contributed by atoms with van der Waals surface area (Å²) in [5.41, 5.74) is 0.870. The number of primary sulfonamides is 1. The van der Waals surface area contributed by atoms with Crippen LogP contribution in [0.3, 0.4) is 0 Å². The van der Waals surface area contributed by atoms with Crippen molar-refractivity contribution in [2.45, 2.75) is 25.7 Å². The lowest BCUT2D eigenvalue weighted by Gasteiger charge is -2.18. The molecule has 21 heavy (non-hydrogen) atoms. The van der Waals surface area contributed by atoms with Crippen LogP contribution >= 0.6 is 11.6 Å². The van der Waals surface area contributed by atoms with Crippen LogP contribution in [0.25, 0.3) is 0 Å². The average molecular weight is 331 g/mol. The maximum absolute atomic E-state index is 12.6. The number of benzene rings is 1. The maximum Gasteiger partial charge on any atom is 0.254 e. The largest absolute Gasteiger partial charge is 0.338 e. The van der Waals surface area contributed by atoms with Crippen molar-refractivity contribution in [2.75, 3.05) is 13.1 Å². The average Bonchev–Trinajstić information content (AvgIpc) is 2.70. The van der Waals surface area contributed by atoms with Crippen LogP contribution in [-0.4, -0.2) is 32.3 Å². The van der Waals surface area contributed by atoms with Gasteiger partial charge in [0.15, 0.2) is 0 Å². The van der Waals surface area contributed by atoms with Gasteiger partial charge in [0, 0.05) is 23.7 Å². The van der Waals surface area contributed by atoms with Gasteiger partial charge in [0.2, 0.25) is 10.0 Å². The standard InChI is InChI=1S/C14H19ClN2O3S/c1-8-6-17(7-9(8)2)14(18)12-4-11(21(16,19)20)5-13(15)10(12)3/h4-5,8-9H,6-7H2,1-3H3,(H2,16,19,20). The fraction of sp³-hybridized carbons (Fsp3) is 0.500. The first kappa shape index (κ1) is 16.3. The highest BCUT2D eigenvalue weighted by molar-refractivity contribution is 7.89.